The smallest absolute Gasteiger partial charge is 0.272 e. The highest BCUT2D eigenvalue weighted by atomic mass is 32.1. The van der Waals surface area contributed by atoms with Gasteiger partial charge >= 0.3 is 0 Å². The van der Waals surface area contributed by atoms with Crippen LogP contribution in [0.25, 0.3) is 6.08 Å². The number of benzene rings is 2. The SMILES string of the molecule is COc1ccc(/C=C(\NC(=O)c2cccs2)C(=O)Nc2ccc(F)cc2)cc1OC. The molecule has 1 heterocycles. The molecule has 154 valence electrons. The molecule has 0 saturated carbocycles. The maximum absolute atomic E-state index is 13.1. The molecule has 0 aliphatic carbocycles. The molecule has 1 aromatic heterocycles. The second-order valence-corrected chi connectivity index (χ2v) is 7.01. The van der Waals surface area contributed by atoms with Crippen molar-refractivity contribution in [1.29, 1.82) is 0 Å². The van der Waals surface area contributed by atoms with E-state index < -0.39 is 17.6 Å². The van der Waals surface area contributed by atoms with E-state index in [1.165, 1.54) is 55.9 Å². The number of hydrogen-bond donors (Lipinski definition) is 2. The van der Waals surface area contributed by atoms with Gasteiger partial charge in [-0.3, -0.25) is 9.59 Å². The Kier molecular flexibility index (Phi) is 6.82. The Bertz CT molecular complexity index is 1060. The number of rotatable bonds is 7. The van der Waals surface area contributed by atoms with Crippen LogP contribution in [0.5, 0.6) is 11.5 Å². The van der Waals surface area contributed by atoms with Crippen LogP contribution in [0.4, 0.5) is 10.1 Å². The van der Waals surface area contributed by atoms with Crippen molar-refractivity contribution < 1.29 is 23.5 Å². The van der Waals surface area contributed by atoms with Crippen LogP contribution in [0, 0.1) is 5.82 Å². The summed E-state index contributed by atoms with van der Waals surface area (Å²) < 4.78 is 23.6. The molecule has 0 bridgehead atoms. The molecule has 8 heteroatoms. The molecule has 0 spiro atoms. The first-order valence-electron chi connectivity index (χ1n) is 8.85. The molecule has 0 saturated heterocycles. The van der Waals surface area contributed by atoms with Gasteiger partial charge in [0.1, 0.15) is 11.5 Å². The summed E-state index contributed by atoms with van der Waals surface area (Å²) in [5.41, 5.74) is 1.03. The van der Waals surface area contributed by atoms with Gasteiger partial charge in [0.2, 0.25) is 0 Å². The molecule has 2 amide bonds. The number of methoxy groups -OCH3 is 2. The molecule has 30 heavy (non-hydrogen) atoms. The highest BCUT2D eigenvalue weighted by Crippen LogP contribution is 2.28. The Balaban J connectivity index is 1.91. The van der Waals surface area contributed by atoms with E-state index in [9.17, 15) is 14.0 Å². The van der Waals surface area contributed by atoms with Crippen LogP contribution < -0.4 is 20.1 Å². The summed E-state index contributed by atoms with van der Waals surface area (Å²) in [6.07, 6.45) is 1.52. The molecule has 3 aromatic rings. The zero-order chi connectivity index (χ0) is 21.5. The molecule has 0 aliphatic heterocycles. The number of nitrogens with one attached hydrogen (secondary N) is 2. The van der Waals surface area contributed by atoms with Crippen molar-refractivity contribution in [1.82, 2.24) is 5.32 Å². The van der Waals surface area contributed by atoms with Crippen molar-refractivity contribution in [2.24, 2.45) is 0 Å². The Labute approximate surface area is 177 Å². The third kappa shape index (κ3) is 5.24. The first-order valence-corrected chi connectivity index (χ1v) is 9.73. The number of carbonyl (C=O) groups excluding carboxylic acids is 2. The molecule has 0 fully saturated rings. The van der Waals surface area contributed by atoms with E-state index in [1.54, 1.807) is 35.7 Å². The third-order valence-corrected chi connectivity index (χ3v) is 4.93. The van der Waals surface area contributed by atoms with Crippen LogP contribution in [0.3, 0.4) is 0 Å². The fraction of sp³-hybridized carbons (Fsp3) is 0.0909. The average molecular weight is 426 g/mol. The van der Waals surface area contributed by atoms with Crippen LogP contribution in [0.15, 0.2) is 65.7 Å². The van der Waals surface area contributed by atoms with Crippen molar-refractivity contribution in [2.75, 3.05) is 19.5 Å². The molecule has 6 nitrogen and oxygen atoms in total. The Morgan fingerprint density at radius 2 is 1.73 bits per heavy atom. The summed E-state index contributed by atoms with van der Waals surface area (Å²) in [6.45, 7) is 0. The van der Waals surface area contributed by atoms with Crippen molar-refractivity contribution in [3.63, 3.8) is 0 Å². The fourth-order valence-corrected chi connectivity index (χ4v) is 3.21. The minimum Gasteiger partial charge on any atom is -0.493 e. The van der Waals surface area contributed by atoms with Crippen LogP contribution in [0.2, 0.25) is 0 Å². The van der Waals surface area contributed by atoms with Crippen LogP contribution >= 0.6 is 11.3 Å². The average Bonchev–Trinajstić information content (AvgIpc) is 3.30. The summed E-state index contributed by atoms with van der Waals surface area (Å²) in [7, 11) is 3.03. The molecular weight excluding hydrogens is 407 g/mol. The third-order valence-electron chi connectivity index (χ3n) is 4.06. The molecule has 0 aliphatic rings. The zero-order valence-corrected chi connectivity index (χ0v) is 17.1. The second kappa shape index (κ2) is 9.71. The topological polar surface area (TPSA) is 76.7 Å². The molecule has 2 aromatic carbocycles. The lowest BCUT2D eigenvalue weighted by Crippen LogP contribution is -2.30. The largest absolute Gasteiger partial charge is 0.493 e. The van der Waals surface area contributed by atoms with Gasteiger partial charge in [0.05, 0.1) is 19.1 Å². The molecule has 0 atom stereocenters. The molecular formula is C22H19FN2O4S. The standard InChI is InChI=1S/C22H19FN2O4S/c1-28-18-10-5-14(13-19(18)29-2)12-17(25-22(27)20-4-3-11-30-20)21(26)24-16-8-6-15(23)7-9-16/h3-13H,1-2H3,(H,24,26)(H,25,27)/b17-12-. The second-order valence-electron chi connectivity index (χ2n) is 6.06. The molecule has 0 unspecified atom stereocenters. The van der Waals surface area contributed by atoms with Gasteiger partial charge in [0, 0.05) is 5.69 Å². The predicted octanol–water partition coefficient (Wildman–Crippen LogP) is 4.31. The highest BCUT2D eigenvalue weighted by Gasteiger charge is 2.16. The lowest BCUT2D eigenvalue weighted by molar-refractivity contribution is -0.113. The van der Waals surface area contributed by atoms with Gasteiger partial charge in [-0.1, -0.05) is 12.1 Å². The summed E-state index contributed by atoms with van der Waals surface area (Å²) in [5, 5.41) is 7.06. The summed E-state index contributed by atoms with van der Waals surface area (Å²) in [4.78, 5) is 25.8. The van der Waals surface area contributed by atoms with Crippen LogP contribution in [-0.4, -0.2) is 26.0 Å². The normalized spacial score (nSPS) is 11.0. The van der Waals surface area contributed by atoms with Gasteiger partial charge < -0.3 is 20.1 Å². The summed E-state index contributed by atoms with van der Waals surface area (Å²) >= 11 is 1.26. The van der Waals surface area contributed by atoms with Crippen LogP contribution in [0.1, 0.15) is 15.2 Å². The minimum atomic E-state index is -0.554. The Morgan fingerprint density at radius 1 is 1.00 bits per heavy atom. The van der Waals surface area contributed by atoms with Gasteiger partial charge in [-0.2, -0.15) is 0 Å². The predicted molar refractivity (Wildman–Crippen MR) is 114 cm³/mol. The lowest BCUT2D eigenvalue weighted by atomic mass is 10.1. The number of thiophene rings is 1. The lowest BCUT2D eigenvalue weighted by Gasteiger charge is -2.12. The van der Waals surface area contributed by atoms with E-state index in [4.69, 9.17) is 9.47 Å². The number of carbonyl (C=O) groups is 2. The summed E-state index contributed by atoms with van der Waals surface area (Å²) in [5.74, 6) is -0.365. The van der Waals surface area contributed by atoms with E-state index >= 15 is 0 Å². The first-order chi connectivity index (χ1) is 14.5. The molecule has 0 radical (unpaired) electrons. The van der Waals surface area contributed by atoms with Crippen molar-refractivity contribution in [3.8, 4) is 11.5 Å². The van der Waals surface area contributed by atoms with Gasteiger partial charge in [0.25, 0.3) is 11.8 Å². The zero-order valence-electron chi connectivity index (χ0n) is 16.3. The summed E-state index contributed by atoms with van der Waals surface area (Å²) in [6, 6.07) is 13.8. The number of halogens is 1. The van der Waals surface area contributed by atoms with Crippen molar-refractivity contribution >= 4 is 34.9 Å². The maximum atomic E-state index is 13.1. The van der Waals surface area contributed by atoms with Gasteiger partial charge in [0.15, 0.2) is 11.5 Å². The van der Waals surface area contributed by atoms with E-state index in [1.807, 2.05) is 0 Å². The molecule has 2 N–H and O–H groups in total. The van der Waals surface area contributed by atoms with Crippen molar-refractivity contribution in [3.05, 3.63) is 81.9 Å². The number of hydrogen-bond acceptors (Lipinski definition) is 5. The maximum Gasteiger partial charge on any atom is 0.272 e. The van der Waals surface area contributed by atoms with E-state index in [0.29, 0.717) is 27.6 Å². The van der Waals surface area contributed by atoms with Gasteiger partial charge in [-0.15, -0.1) is 11.3 Å². The fourth-order valence-electron chi connectivity index (χ4n) is 2.59. The Morgan fingerprint density at radius 3 is 2.37 bits per heavy atom. The number of amides is 2. The van der Waals surface area contributed by atoms with Crippen molar-refractivity contribution in [2.45, 2.75) is 0 Å². The first kappa shape index (κ1) is 21.1. The van der Waals surface area contributed by atoms with E-state index in [-0.39, 0.29) is 5.70 Å². The quantitative estimate of drug-likeness (QED) is 0.552. The highest BCUT2D eigenvalue weighted by molar-refractivity contribution is 7.12. The molecule has 3 rings (SSSR count). The Hall–Kier alpha value is -3.65. The van der Waals surface area contributed by atoms with Gasteiger partial charge in [-0.05, 0) is 59.5 Å². The van der Waals surface area contributed by atoms with Crippen LogP contribution in [-0.2, 0) is 4.79 Å². The van der Waals surface area contributed by atoms with E-state index in [2.05, 4.69) is 10.6 Å². The number of anilines is 1. The minimum absolute atomic E-state index is 0.0185. The monoisotopic (exact) mass is 426 g/mol. The van der Waals surface area contributed by atoms with Gasteiger partial charge in [-0.25, -0.2) is 4.39 Å². The number of ether oxygens (including phenoxy) is 2. The van der Waals surface area contributed by atoms with E-state index in [0.717, 1.165) is 0 Å².